The lowest BCUT2D eigenvalue weighted by Gasteiger charge is -2.40. The van der Waals surface area contributed by atoms with Crippen molar-refractivity contribution in [3.05, 3.63) is 425 Å². The molecule has 2 aliphatic carbocycles. The van der Waals surface area contributed by atoms with Gasteiger partial charge in [0.1, 0.15) is 28.0 Å². The predicted molar refractivity (Wildman–Crippen MR) is 511 cm³/mol. The highest BCUT2D eigenvalue weighted by Crippen LogP contribution is 2.51. The van der Waals surface area contributed by atoms with E-state index >= 15 is 0 Å². The molecule has 0 radical (unpaired) electrons. The van der Waals surface area contributed by atoms with Crippen molar-refractivity contribution in [2.45, 2.75) is 141 Å². The summed E-state index contributed by atoms with van der Waals surface area (Å²) in [6, 6.07) is 91.3. The zero-order valence-corrected chi connectivity index (χ0v) is 74.3. The highest BCUT2D eigenvalue weighted by molar-refractivity contribution is 6.11. The Balaban J connectivity index is 0.000000199. The zero-order chi connectivity index (χ0) is 90.6. The quantitative estimate of drug-likeness (QED) is 0.0326. The first-order valence-electron chi connectivity index (χ1n) is 44.5. The number of aromatic hydroxyl groups is 1. The molecule has 8 amide bonds. The topological polar surface area (TPSA) is 266 Å². The van der Waals surface area contributed by atoms with Gasteiger partial charge in [-0.05, 0) is 224 Å². The maximum absolute atomic E-state index is 14.4. The molecule has 13 aromatic rings. The van der Waals surface area contributed by atoms with Gasteiger partial charge in [0, 0.05) is 70.9 Å². The van der Waals surface area contributed by atoms with Crippen LogP contribution < -0.4 is 42.5 Å². The van der Waals surface area contributed by atoms with Crippen LogP contribution in [0.15, 0.2) is 291 Å². The Bertz CT molecular complexity index is 5520. The maximum Gasteiger partial charge on any atom is 0.274 e. The molecule has 2 fully saturated rings. The molecular formula is C111H109N9O9. The summed E-state index contributed by atoms with van der Waals surface area (Å²) >= 11 is 0. The van der Waals surface area contributed by atoms with Crippen molar-refractivity contribution in [2.75, 3.05) is 47.4 Å². The van der Waals surface area contributed by atoms with Crippen molar-refractivity contribution in [3.8, 4) is 5.75 Å². The van der Waals surface area contributed by atoms with Crippen molar-refractivity contribution >= 4 is 70.0 Å². The van der Waals surface area contributed by atoms with Crippen molar-refractivity contribution in [2.24, 2.45) is 0 Å². The Kier molecular flexibility index (Phi) is 27.0. The molecule has 0 saturated heterocycles. The molecule has 0 atom stereocenters. The van der Waals surface area contributed by atoms with Crippen molar-refractivity contribution in [1.82, 2.24) is 26.3 Å². The minimum absolute atomic E-state index is 0.0466. The number of anilines is 4. The Labute approximate surface area is 754 Å². The number of carbonyl (C=O) groups is 8. The van der Waals surface area contributed by atoms with Gasteiger partial charge in [0.05, 0.1) is 11.1 Å². The summed E-state index contributed by atoms with van der Waals surface area (Å²) in [6.07, 6.45) is 10.6. The van der Waals surface area contributed by atoms with Crippen LogP contribution in [-0.2, 0) is 31.2 Å². The minimum atomic E-state index is -1.18. The number of hydrogen-bond acceptors (Lipinski definition) is 10. The molecule has 18 nitrogen and oxygen atoms in total. The third-order valence-electron chi connectivity index (χ3n) is 26.2. The van der Waals surface area contributed by atoms with Gasteiger partial charge in [-0.2, -0.15) is 0 Å². The molecule has 10 aliphatic heterocycles. The minimum Gasteiger partial charge on any atom is -0.506 e. The number of hydrogen-bond donors (Lipinski definition) is 9. The van der Waals surface area contributed by atoms with Gasteiger partial charge < -0.3 is 47.6 Å². The van der Waals surface area contributed by atoms with Crippen LogP contribution in [0.1, 0.15) is 227 Å². The molecule has 12 aliphatic rings. The van der Waals surface area contributed by atoms with E-state index in [0.29, 0.717) is 11.1 Å². The Morgan fingerprint density at radius 1 is 0.302 bits per heavy atom. The molecular weight excluding hydrogens is 1600 g/mol. The number of phenolic OH excluding ortho intramolecular Hbond substituents is 1. The average molecular weight is 1710 g/mol. The second-order valence-corrected chi connectivity index (χ2v) is 34.5. The summed E-state index contributed by atoms with van der Waals surface area (Å²) in [6.45, 7) is 16.6. The molecule has 18 heteroatoms. The summed E-state index contributed by atoms with van der Waals surface area (Å²) < 4.78 is 0. The zero-order valence-electron chi connectivity index (χ0n) is 74.3. The van der Waals surface area contributed by atoms with E-state index in [9.17, 15) is 43.5 Å². The number of amides is 8. The largest absolute Gasteiger partial charge is 0.506 e. The van der Waals surface area contributed by atoms with E-state index in [-0.39, 0.29) is 95.0 Å². The fourth-order valence-corrected chi connectivity index (χ4v) is 19.7. The van der Waals surface area contributed by atoms with Crippen LogP contribution >= 0.6 is 0 Å². The fourth-order valence-electron chi connectivity index (χ4n) is 19.7. The smallest absolute Gasteiger partial charge is 0.274 e. The van der Waals surface area contributed by atoms with E-state index in [1.165, 1.54) is 53.3 Å². The first-order chi connectivity index (χ1) is 62.4. The number of rotatable bonds is 16. The molecule has 2 spiro atoms. The lowest BCUT2D eigenvalue weighted by molar-refractivity contribution is -0.124. The van der Waals surface area contributed by atoms with Gasteiger partial charge in [-0.15, -0.1) is 0 Å². The number of nitrogens with zero attached hydrogens (tertiary/aromatic N) is 1. The average Bonchev–Trinajstić information content (AvgIpc) is 0.757. The van der Waals surface area contributed by atoms with Crippen molar-refractivity contribution in [3.63, 3.8) is 0 Å². The number of benzene rings is 12. The van der Waals surface area contributed by atoms with Crippen molar-refractivity contribution in [1.29, 1.82) is 0 Å². The highest BCUT2D eigenvalue weighted by Gasteiger charge is 2.46. The maximum atomic E-state index is 14.4. The third-order valence-corrected chi connectivity index (χ3v) is 26.2. The number of carbonyl (C=O) groups excluding carboxylic acids is 8. The molecule has 9 N–H and O–H groups in total. The van der Waals surface area contributed by atoms with Crippen LogP contribution in [0.3, 0.4) is 0 Å². The standard InChI is InChI=1S/C59H63N5O4.C52H46N4O5/c1-34-25-44-26-35(2)50(34)61-54(65)42-17-15-18-43(33-42)55(66)62-51-36(3)27-45(28-37(51)4)59(23-13-10-14-24-59)47-31-40(7)53(41(8)32-47)64-57(68)49-20-16-19-48(60-49)56(67)63-52-38(5)29-46(30-39(52)6)58(44)21-11-9-12-22-58;57-46-44(47(58)53-34-36-55-49(60)51(38-20-7-1-8-21-38,39-22-9-2-10-23-39)40-24-11-3-12-25-40)32-19-33-45(46)48(59)54-35-37-56-50(61)52(41-26-13-4-14-27-41,42-28-15-5-16-29-42)43-30-17-6-18-31-43/h15-20,25-33H,9-14,21-24H2,1-8H3,(H,61,65)(H,62,66)(H,63,67)(H,64,68);1-33,57H,34-37H2,(H,53,58)(H,54,59)(H,55,60)(H,56,61). The summed E-state index contributed by atoms with van der Waals surface area (Å²) in [5.74, 6) is -3.59. The number of para-hydroxylation sites is 1. The van der Waals surface area contributed by atoms with E-state index in [4.69, 9.17) is 0 Å². The second-order valence-electron chi connectivity index (χ2n) is 34.5. The van der Waals surface area contributed by atoms with Gasteiger partial charge in [-0.1, -0.05) is 287 Å². The van der Waals surface area contributed by atoms with Gasteiger partial charge in [-0.3, -0.25) is 38.4 Å². The monoisotopic (exact) mass is 1710 g/mol. The van der Waals surface area contributed by atoms with Crippen LogP contribution in [0.4, 0.5) is 22.7 Å². The lowest BCUT2D eigenvalue weighted by Crippen LogP contribution is -2.48. The molecule has 12 bridgehead atoms. The molecule has 652 valence electrons. The van der Waals surface area contributed by atoms with E-state index in [1.807, 2.05) is 237 Å². The third kappa shape index (κ3) is 18.3. The molecule has 1 aromatic heterocycles. The Morgan fingerprint density at radius 2 is 0.543 bits per heavy atom. The van der Waals surface area contributed by atoms with Gasteiger partial charge >= 0.3 is 0 Å². The Hall–Kier alpha value is -14.7. The summed E-state index contributed by atoms with van der Waals surface area (Å²) in [5, 5.41) is 35.4. The second kappa shape index (κ2) is 39.1. The molecule has 2 saturated carbocycles. The SMILES string of the molecule is Cc1cc2cc(C)c1NC(=O)c1cccc(c1)C(=O)Nc1c(C)cc(cc1C)C1(CCCCC1)c1cc(C)c(c(C)c1)NC(=O)c1cccc(n1)C(=O)Nc1c(C)cc(cc1C)C21CCCCC1.O=C(NCCNC(=O)C(c1ccccc1)(c1ccccc1)c1ccccc1)c1cccc(C(=O)NCCNC(=O)C(c2ccccc2)(c2ccccc2)c2ccccc2)c1O. The summed E-state index contributed by atoms with van der Waals surface area (Å²) in [7, 11) is 0. The number of nitrogens with one attached hydrogen (secondary N) is 8. The molecule has 0 unspecified atom stereocenters. The summed E-state index contributed by atoms with van der Waals surface area (Å²) in [4.78, 5) is 116. The Morgan fingerprint density at radius 3 is 0.814 bits per heavy atom. The first kappa shape index (κ1) is 89.2. The van der Waals surface area contributed by atoms with Gasteiger partial charge in [0.25, 0.3) is 35.4 Å². The van der Waals surface area contributed by atoms with E-state index < -0.39 is 28.4 Å². The van der Waals surface area contributed by atoms with E-state index in [2.05, 4.69) is 96.0 Å². The number of aryl methyl sites for hydroxylation is 8. The van der Waals surface area contributed by atoms with Crippen LogP contribution in [0.5, 0.6) is 5.75 Å². The van der Waals surface area contributed by atoms with Crippen LogP contribution in [0.2, 0.25) is 0 Å². The van der Waals surface area contributed by atoms with Gasteiger partial charge in [0.2, 0.25) is 11.8 Å². The molecule has 129 heavy (non-hydrogen) atoms. The number of phenols is 1. The van der Waals surface area contributed by atoms with E-state index in [1.54, 1.807) is 42.5 Å². The summed E-state index contributed by atoms with van der Waals surface area (Å²) in [5.41, 5.74) is 18.2. The number of pyridine rings is 1. The van der Waals surface area contributed by atoms with Gasteiger partial charge in [-0.25, -0.2) is 4.98 Å². The molecule has 12 aromatic carbocycles. The van der Waals surface area contributed by atoms with Crippen LogP contribution in [0.25, 0.3) is 0 Å². The molecule has 25 rings (SSSR count). The lowest BCUT2D eigenvalue weighted by atomic mass is 9.64. The first-order valence-corrected chi connectivity index (χ1v) is 44.5. The normalized spacial score (nSPS) is 14.3. The molecule has 11 heterocycles. The number of aromatic nitrogens is 1. The van der Waals surface area contributed by atoms with Crippen LogP contribution in [-0.4, -0.2) is 83.5 Å². The van der Waals surface area contributed by atoms with Gasteiger partial charge in [0.15, 0.2) is 0 Å². The highest BCUT2D eigenvalue weighted by atomic mass is 16.3. The van der Waals surface area contributed by atoms with Crippen LogP contribution in [0, 0.1) is 55.4 Å². The predicted octanol–water partition coefficient (Wildman–Crippen LogP) is 20.5. The fraction of sp³-hybridized carbons (Fsp3) is 0.234. The van der Waals surface area contributed by atoms with Crippen molar-refractivity contribution < 1.29 is 43.5 Å². The van der Waals surface area contributed by atoms with E-state index in [0.717, 1.165) is 152 Å².